The minimum Gasteiger partial charge on any atom is -0.347 e. The van der Waals surface area contributed by atoms with Gasteiger partial charge >= 0.3 is 0 Å². The molecule has 1 aromatic rings. The number of hydrogen-bond acceptors (Lipinski definition) is 3. The fraction of sp³-hybridized carbons (Fsp3) is 0.273. The summed E-state index contributed by atoms with van der Waals surface area (Å²) in [4.78, 5) is 16.8. The first kappa shape index (κ1) is 13.0. The largest absolute Gasteiger partial charge is 0.347 e. The summed E-state index contributed by atoms with van der Waals surface area (Å²) in [6.07, 6.45) is 0. The highest BCUT2D eigenvalue weighted by Gasteiger charge is 2.03. The maximum atomic E-state index is 11.3. The smallest absolute Gasteiger partial charge is 0.243 e. The molecule has 0 radical (unpaired) electrons. The molecule has 0 bridgehead atoms. The molecule has 1 aromatic carbocycles. The van der Waals surface area contributed by atoms with Crippen LogP contribution in [0.3, 0.4) is 0 Å². The van der Waals surface area contributed by atoms with Crippen molar-refractivity contribution in [3.63, 3.8) is 0 Å². The van der Waals surface area contributed by atoms with Crippen molar-refractivity contribution in [2.24, 2.45) is 10.8 Å². The van der Waals surface area contributed by atoms with Crippen LogP contribution in [0.2, 0.25) is 0 Å². The Balaban J connectivity index is 2.60. The summed E-state index contributed by atoms with van der Waals surface area (Å²) < 4.78 is 0. The fourth-order valence-corrected chi connectivity index (χ4v) is 1.07. The number of hydrazine groups is 1. The molecule has 0 aliphatic rings. The predicted molar refractivity (Wildman–Crippen MR) is 68.4 cm³/mol. The van der Waals surface area contributed by atoms with Crippen LogP contribution in [0, 0.1) is 0 Å². The van der Waals surface area contributed by atoms with E-state index >= 15 is 0 Å². The molecule has 0 saturated carbocycles. The number of aliphatic imine (C=N–C) groups is 1. The molecule has 0 unspecified atom stereocenters. The zero-order valence-corrected chi connectivity index (χ0v) is 9.97. The zero-order valence-electron chi connectivity index (χ0n) is 9.97. The molecule has 6 nitrogen and oxygen atoms in total. The number of rotatable bonds is 3. The van der Waals surface area contributed by atoms with Crippen LogP contribution < -0.4 is 16.6 Å². The van der Waals surface area contributed by atoms with Gasteiger partial charge in [-0.2, -0.15) is 0 Å². The van der Waals surface area contributed by atoms with Crippen molar-refractivity contribution < 1.29 is 4.79 Å². The summed E-state index contributed by atoms with van der Waals surface area (Å²) in [7, 11) is 3.36. The first-order valence-electron chi connectivity index (χ1n) is 5.16. The SMILES string of the molecule is CN(C)C(=O)CN=C(NN)Nc1ccccc1. The van der Waals surface area contributed by atoms with Gasteiger partial charge in [0.15, 0.2) is 0 Å². The van der Waals surface area contributed by atoms with Gasteiger partial charge in [0.1, 0.15) is 6.54 Å². The van der Waals surface area contributed by atoms with Crippen LogP contribution >= 0.6 is 0 Å². The van der Waals surface area contributed by atoms with Gasteiger partial charge in [-0.1, -0.05) is 18.2 Å². The third-order valence-electron chi connectivity index (χ3n) is 2.04. The van der Waals surface area contributed by atoms with E-state index in [1.54, 1.807) is 14.1 Å². The highest BCUT2D eigenvalue weighted by atomic mass is 16.2. The number of carbonyl (C=O) groups is 1. The summed E-state index contributed by atoms with van der Waals surface area (Å²) in [5, 5.41) is 2.97. The molecule has 92 valence electrons. The Bertz CT molecular complexity index is 388. The van der Waals surface area contributed by atoms with E-state index in [2.05, 4.69) is 15.7 Å². The number of para-hydroxylation sites is 1. The van der Waals surface area contributed by atoms with Gasteiger partial charge in [-0.15, -0.1) is 0 Å². The Morgan fingerprint density at radius 2 is 2.00 bits per heavy atom. The molecule has 1 rings (SSSR count). The van der Waals surface area contributed by atoms with E-state index in [1.165, 1.54) is 4.90 Å². The number of benzene rings is 1. The summed E-state index contributed by atoms with van der Waals surface area (Å²) in [6, 6.07) is 9.44. The summed E-state index contributed by atoms with van der Waals surface area (Å²) in [5.74, 6) is 5.58. The molecular formula is C11H17N5O. The minimum atomic E-state index is -0.0902. The van der Waals surface area contributed by atoms with Crippen LogP contribution in [0.25, 0.3) is 0 Å². The lowest BCUT2D eigenvalue weighted by Crippen LogP contribution is -2.37. The van der Waals surface area contributed by atoms with E-state index in [-0.39, 0.29) is 12.5 Å². The molecule has 0 aliphatic heterocycles. The standard InChI is InChI=1S/C11H17N5O/c1-16(2)10(17)8-13-11(15-12)14-9-6-4-3-5-7-9/h3-7H,8,12H2,1-2H3,(H2,13,14,15). The highest BCUT2D eigenvalue weighted by Crippen LogP contribution is 2.03. The van der Waals surface area contributed by atoms with Gasteiger partial charge in [0.05, 0.1) is 0 Å². The normalized spacial score (nSPS) is 10.9. The molecule has 0 aliphatic carbocycles. The minimum absolute atomic E-state index is 0.0480. The van der Waals surface area contributed by atoms with Crippen molar-refractivity contribution in [2.45, 2.75) is 0 Å². The van der Waals surface area contributed by atoms with E-state index < -0.39 is 0 Å². The molecule has 17 heavy (non-hydrogen) atoms. The number of likely N-dealkylation sites (N-methyl/N-ethyl adjacent to an activating group) is 1. The first-order valence-corrected chi connectivity index (χ1v) is 5.16. The van der Waals surface area contributed by atoms with Gasteiger partial charge in [0, 0.05) is 19.8 Å². The Morgan fingerprint density at radius 3 is 2.53 bits per heavy atom. The molecule has 4 N–H and O–H groups in total. The third-order valence-corrected chi connectivity index (χ3v) is 2.04. The maximum absolute atomic E-state index is 11.3. The van der Waals surface area contributed by atoms with E-state index in [9.17, 15) is 4.79 Å². The zero-order chi connectivity index (χ0) is 12.7. The quantitative estimate of drug-likeness (QED) is 0.298. The van der Waals surface area contributed by atoms with Crippen molar-refractivity contribution in [1.82, 2.24) is 10.3 Å². The van der Waals surface area contributed by atoms with E-state index in [4.69, 9.17) is 5.84 Å². The number of hydrogen-bond donors (Lipinski definition) is 3. The maximum Gasteiger partial charge on any atom is 0.243 e. The summed E-state index contributed by atoms with van der Waals surface area (Å²) >= 11 is 0. The van der Waals surface area contributed by atoms with E-state index in [1.807, 2.05) is 30.3 Å². The van der Waals surface area contributed by atoms with Crippen molar-refractivity contribution in [1.29, 1.82) is 0 Å². The molecule has 0 fully saturated rings. The Labute approximate surface area is 100 Å². The van der Waals surface area contributed by atoms with Crippen molar-refractivity contribution >= 4 is 17.6 Å². The number of guanidine groups is 1. The van der Waals surface area contributed by atoms with Crippen molar-refractivity contribution in [3.8, 4) is 0 Å². The van der Waals surface area contributed by atoms with Crippen LogP contribution in [0.1, 0.15) is 0 Å². The molecule has 1 amide bonds. The summed E-state index contributed by atoms with van der Waals surface area (Å²) in [6.45, 7) is 0.0480. The molecule has 6 heteroatoms. The van der Waals surface area contributed by atoms with Gasteiger partial charge in [0.2, 0.25) is 11.9 Å². The number of anilines is 1. The average Bonchev–Trinajstić information content (AvgIpc) is 2.35. The van der Waals surface area contributed by atoms with E-state index in [0.717, 1.165) is 5.69 Å². The van der Waals surface area contributed by atoms with Crippen LogP contribution in [0.15, 0.2) is 35.3 Å². The lowest BCUT2D eigenvalue weighted by molar-refractivity contribution is -0.127. The van der Waals surface area contributed by atoms with Crippen LogP contribution in [-0.4, -0.2) is 37.4 Å². The van der Waals surface area contributed by atoms with Crippen molar-refractivity contribution in [2.75, 3.05) is 26.0 Å². The second-order valence-electron chi connectivity index (χ2n) is 3.59. The third kappa shape index (κ3) is 4.52. The van der Waals surface area contributed by atoms with Gasteiger partial charge < -0.3 is 10.2 Å². The highest BCUT2D eigenvalue weighted by molar-refractivity contribution is 5.94. The second-order valence-corrected chi connectivity index (χ2v) is 3.59. The first-order chi connectivity index (χ1) is 8.13. The number of carbonyl (C=O) groups excluding carboxylic acids is 1. The molecule has 0 heterocycles. The Hall–Kier alpha value is -2.08. The lowest BCUT2D eigenvalue weighted by Gasteiger charge is -2.11. The summed E-state index contributed by atoms with van der Waals surface area (Å²) in [5.41, 5.74) is 3.26. The number of nitrogens with two attached hydrogens (primary N) is 1. The topological polar surface area (TPSA) is 82.8 Å². The lowest BCUT2D eigenvalue weighted by atomic mass is 10.3. The fourth-order valence-electron chi connectivity index (χ4n) is 1.07. The molecular weight excluding hydrogens is 218 g/mol. The van der Waals surface area contributed by atoms with E-state index in [0.29, 0.717) is 5.96 Å². The van der Waals surface area contributed by atoms with Crippen molar-refractivity contribution in [3.05, 3.63) is 30.3 Å². The molecule has 0 spiro atoms. The molecule has 0 saturated heterocycles. The number of amides is 1. The Morgan fingerprint density at radius 1 is 1.35 bits per heavy atom. The number of nitrogens with zero attached hydrogens (tertiary/aromatic N) is 2. The predicted octanol–water partition coefficient (Wildman–Crippen LogP) is 0.00600. The van der Waals surface area contributed by atoms with Crippen LogP contribution in [0.5, 0.6) is 0 Å². The Kier molecular flexibility index (Phi) is 4.96. The molecule has 0 atom stereocenters. The average molecular weight is 235 g/mol. The number of nitrogens with one attached hydrogen (secondary N) is 2. The monoisotopic (exact) mass is 235 g/mol. The van der Waals surface area contributed by atoms with Crippen LogP contribution in [0.4, 0.5) is 5.69 Å². The van der Waals surface area contributed by atoms with Gasteiger partial charge in [-0.25, -0.2) is 10.8 Å². The van der Waals surface area contributed by atoms with Gasteiger partial charge in [-0.05, 0) is 12.1 Å². The van der Waals surface area contributed by atoms with Gasteiger partial charge in [0.25, 0.3) is 0 Å². The van der Waals surface area contributed by atoms with Gasteiger partial charge in [-0.3, -0.25) is 10.2 Å². The van der Waals surface area contributed by atoms with Crippen LogP contribution in [-0.2, 0) is 4.79 Å². The molecule has 0 aromatic heterocycles. The second kappa shape index (κ2) is 6.49.